The normalized spacial score (nSPS) is 11.5. The summed E-state index contributed by atoms with van der Waals surface area (Å²) in [5.41, 5.74) is 4.25. The minimum Gasteiger partial charge on any atom is -0.294 e. The molecule has 122 valence electrons. The highest BCUT2D eigenvalue weighted by molar-refractivity contribution is 7.44. The molecule has 1 atom stereocenters. The summed E-state index contributed by atoms with van der Waals surface area (Å²) in [6.07, 6.45) is 7.37. The fourth-order valence-corrected chi connectivity index (χ4v) is 4.34. The van der Waals surface area contributed by atoms with Gasteiger partial charge in [-0.15, -0.1) is 0 Å². The van der Waals surface area contributed by atoms with Crippen LogP contribution in [0.4, 0.5) is 0 Å². The van der Waals surface area contributed by atoms with Gasteiger partial charge in [0, 0.05) is 12.0 Å². The minimum atomic E-state index is -1.06. The number of ketones is 1. The van der Waals surface area contributed by atoms with Crippen molar-refractivity contribution in [2.75, 3.05) is 12.3 Å². The van der Waals surface area contributed by atoms with Crippen LogP contribution in [-0.2, 0) is 4.57 Å². The zero-order valence-electron chi connectivity index (χ0n) is 14.6. The first-order valence-corrected chi connectivity index (χ1v) is 10.1. The van der Waals surface area contributed by atoms with Crippen molar-refractivity contribution in [3.05, 3.63) is 34.4 Å². The molecule has 0 aliphatic carbocycles. The number of rotatable bonds is 10. The van der Waals surface area contributed by atoms with Crippen molar-refractivity contribution in [2.45, 2.75) is 66.2 Å². The highest BCUT2D eigenvalue weighted by atomic mass is 31.1. The summed E-state index contributed by atoms with van der Waals surface area (Å²) in [5, 5.41) is 0. The second kappa shape index (κ2) is 9.90. The third-order valence-electron chi connectivity index (χ3n) is 4.03. The monoisotopic (exact) mass is 321 g/mol. The van der Waals surface area contributed by atoms with Gasteiger partial charge in [0.1, 0.15) is 12.3 Å². The van der Waals surface area contributed by atoms with Crippen molar-refractivity contribution in [1.82, 2.24) is 0 Å². The van der Waals surface area contributed by atoms with E-state index in [2.05, 4.69) is 26.0 Å². The third-order valence-corrected chi connectivity index (χ3v) is 5.66. The van der Waals surface area contributed by atoms with Gasteiger partial charge in [-0.1, -0.05) is 35.6 Å². The molecule has 1 aromatic carbocycles. The average molecular weight is 321 g/mol. The number of carbonyl (C=O) groups excluding carboxylic acids is 1. The van der Waals surface area contributed by atoms with Crippen molar-refractivity contribution < 1.29 is 9.36 Å². The zero-order valence-corrected chi connectivity index (χ0v) is 15.5. The Morgan fingerprint density at radius 3 is 2.05 bits per heavy atom. The van der Waals surface area contributed by atoms with Crippen LogP contribution in [0.1, 0.15) is 72.5 Å². The van der Waals surface area contributed by atoms with Crippen molar-refractivity contribution in [2.24, 2.45) is 0 Å². The van der Waals surface area contributed by atoms with Gasteiger partial charge in [0.05, 0.1) is 0 Å². The van der Waals surface area contributed by atoms with Crippen LogP contribution in [0.3, 0.4) is 0 Å². The summed E-state index contributed by atoms with van der Waals surface area (Å²) < 4.78 is 11.8. The maximum absolute atomic E-state index is 12.4. The lowest BCUT2D eigenvalue weighted by atomic mass is 9.94. The Balaban J connectivity index is 2.37. The number of carbonyl (C=O) groups is 1. The Labute approximate surface area is 136 Å². The zero-order chi connectivity index (χ0) is 16.5. The molecular formula is C19H30O2P+. The maximum atomic E-state index is 12.4. The lowest BCUT2D eigenvalue weighted by Crippen LogP contribution is -2.05. The van der Waals surface area contributed by atoms with E-state index in [1.807, 2.05) is 13.8 Å². The molecule has 0 bridgehead atoms. The lowest BCUT2D eigenvalue weighted by molar-refractivity contribution is 0.0978. The molecule has 0 amide bonds. The highest BCUT2D eigenvalue weighted by Crippen LogP contribution is 2.25. The molecule has 0 spiro atoms. The van der Waals surface area contributed by atoms with Gasteiger partial charge < -0.3 is 0 Å². The van der Waals surface area contributed by atoms with Gasteiger partial charge in [0.25, 0.3) is 0 Å². The van der Waals surface area contributed by atoms with Crippen LogP contribution in [0.15, 0.2) is 12.1 Å². The van der Waals surface area contributed by atoms with Gasteiger partial charge in [-0.25, -0.2) is 0 Å². The molecule has 0 saturated carbocycles. The van der Waals surface area contributed by atoms with E-state index in [0.29, 0.717) is 6.42 Å². The van der Waals surface area contributed by atoms with Crippen LogP contribution in [0.2, 0.25) is 0 Å². The second-order valence-corrected chi connectivity index (χ2v) is 8.15. The Kier molecular flexibility index (Phi) is 8.56. The number of hydrogen-bond donors (Lipinski definition) is 0. The smallest absolute Gasteiger partial charge is 0.294 e. The first-order chi connectivity index (χ1) is 10.5. The SMILES string of the molecule is CCCCC[P+](=O)CCCCC(=O)c1c(C)cc(C)cc1C. The molecule has 1 rings (SSSR count). The number of benzene rings is 1. The predicted molar refractivity (Wildman–Crippen MR) is 95.7 cm³/mol. The first kappa shape index (κ1) is 19.0. The predicted octanol–water partition coefficient (Wildman–Crippen LogP) is 5.98. The number of Topliss-reactive ketones (excluding diaryl/α,β-unsaturated/α-hetero) is 1. The van der Waals surface area contributed by atoms with E-state index in [-0.39, 0.29) is 5.78 Å². The van der Waals surface area contributed by atoms with E-state index in [1.54, 1.807) is 0 Å². The van der Waals surface area contributed by atoms with Gasteiger partial charge in [-0.3, -0.25) is 4.79 Å². The topological polar surface area (TPSA) is 34.1 Å². The summed E-state index contributed by atoms with van der Waals surface area (Å²) >= 11 is 0. The Morgan fingerprint density at radius 1 is 0.955 bits per heavy atom. The second-order valence-electron chi connectivity index (χ2n) is 6.29. The van der Waals surface area contributed by atoms with E-state index in [9.17, 15) is 9.36 Å². The fraction of sp³-hybridized carbons (Fsp3) is 0.632. The van der Waals surface area contributed by atoms with Crippen LogP contribution in [0, 0.1) is 20.8 Å². The van der Waals surface area contributed by atoms with E-state index in [1.165, 1.54) is 18.4 Å². The summed E-state index contributed by atoms with van der Waals surface area (Å²) in [4.78, 5) is 12.4. The van der Waals surface area contributed by atoms with Gasteiger partial charge in [-0.05, 0) is 57.6 Å². The van der Waals surface area contributed by atoms with Crippen LogP contribution in [0.25, 0.3) is 0 Å². The summed E-state index contributed by atoms with van der Waals surface area (Å²) in [7, 11) is -1.06. The summed E-state index contributed by atoms with van der Waals surface area (Å²) in [5.74, 6) is 0.233. The van der Waals surface area contributed by atoms with Crippen LogP contribution < -0.4 is 0 Å². The molecule has 0 heterocycles. The van der Waals surface area contributed by atoms with Crippen molar-refractivity contribution >= 4 is 13.6 Å². The van der Waals surface area contributed by atoms with Crippen LogP contribution in [-0.4, -0.2) is 18.1 Å². The molecule has 0 N–H and O–H groups in total. The molecule has 0 aliphatic rings. The van der Waals surface area contributed by atoms with Crippen LogP contribution >= 0.6 is 7.80 Å². The molecule has 1 unspecified atom stereocenters. The maximum Gasteiger partial charge on any atom is 0.338 e. The largest absolute Gasteiger partial charge is 0.338 e. The number of aryl methyl sites for hydroxylation is 3. The quantitative estimate of drug-likeness (QED) is 0.302. The number of unbranched alkanes of at least 4 members (excludes halogenated alkanes) is 3. The Hall–Kier alpha value is -1.01. The summed E-state index contributed by atoms with van der Waals surface area (Å²) in [6, 6.07) is 4.15. The van der Waals surface area contributed by atoms with E-state index < -0.39 is 7.80 Å². The van der Waals surface area contributed by atoms with Crippen molar-refractivity contribution in [3.63, 3.8) is 0 Å². The molecule has 2 nitrogen and oxygen atoms in total. The van der Waals surface area contributed by atoms with Gasteiger partial charge in [-0.2, -0.15) is 0 Å². The van der Waals surface area contributed by atoms with E-state index in [4.69, 9.17) is 0 Å². The average Bonchev–Trinajstić information content (AvgIpc) is 2.42. The standard InChI is InChI=1S/C19H30O2P/c1-5-6-8-11-22(21)12-9-7-10-18(20)19-16(3)13-15(2)14-17(19)4/h13-14H,5-12H2,1-4H3/q+1. The van der Waals surface area contributed by atoms with E-state index in [0.717, 1.165) is 48.3 Å². The molecular weight excluding hydrogens is 291 g/mol. The molecule has 0 radical (unpaired) electrons. The van der Waals surface area contributed by atoms with Crippen molar-refractivity contribution in [3.8, 4) is 0 Å². The molecule has 3 heteroatoms. The molecule has 0 aromatic heterocycles. The highest BCUT2D eigenvalue weighted by Gasteiger charge is 2.16. The fourth-order valence-electron chi connectivity index (χ4n) is 2.97. The first-order valence-electron chi connectivity index (χ1n) is 8.48. The van der Waals surface area contributed by atoms with Gasteiger partial charge in [0.15, 0.2) is 5.78 Å². The molecule has 0 fully saturated rings. The summed E-state index contributed by atoms with van der Waals surface area (Å²) in [6.45, 7) is 8.24. The third kappa shape index (κ3) is 6.40. The Morgan fingerprint density at radius 2 is 1.50 bits per heavy atom. The lowest BCUT2D eigenvalue weighted by Gasteiger charge is -2.09. The number of hydrogen-bond acceptors (Lipinski definition) is 2. The van der Waals surface area contributed by atoms with Gasteiger partial charge in [0.2, 0.25) is 0 Å². The molecule has 22 heavy (non-hydrogen) atoms. The molecule has 0 saturated heterocycles. The van der Waals surface area contributed by atoms with Crippen molar-refractivity contribution in [1.29, 1.82) is 0 Å². The van der Waals surface area contributed by atoms with E-state index >= 15 is 0 Å². The minimum absolute atomic E-state index is 0.233. The molecule has 1 aromatic rings. The van der Waals surface area contributed by atoms with Crippen LogP contribution in [0.5, 0.6) is 0 Å². The Bertz CT molecular complexity index is 497. The molecule has 0 aliphatic heterocycles. The van der Waals surface area contributed by atoms with Gasteiger partial charge >= 0.3 is 7.80 Å².